The van der Waals surface area contributed by atoms with Gasteiger partial charge >= 0.3 is 0 Å². The standard InChI is InChI=1S/C17H23N3O3S/c18-16-7-4-12-9-20(10-15(12)16)17(21)11-2-1-3-14(8-11)24(22,23)19-13-5-6-13/h1-3,8,12-13,15-16,19H,4-7,9-10,18H2. The average molecular weight is 349 g/mol. The van der Waals surface area contributed by atoms with Crippen LogP contribution in [0.2, 0.25) is 0 Å². The number of carbonyl (C=O) groups excluding carboxylic acids is 1. The van der Waals surface area contributed by atoms with Crippen LogP contribution < -0.4 is 10.5 Å². The average Bonchev–Trinajstić information content (AvgIpc) is 3.15. The highest BCUT2D eigenvalue weighted by Gasteiger charge is 2.42. The van der Waals surface area contributed by atoms with Crippen LogP contribution in [0.4, 0.5) is 0 Å². The van der Waals surface area contributed by atoms with Crippen LogP contribution in [0.3, 0.4) is 0 Å². The highest BCUT2D eigenvalue weighted by Crippen LogP contribution is 2.37. The van der Waals surface area contributed by atoms with Crippen molar-refractivity contribution in [1.82, 2.24) is 9.62 Å². The second-order valence-electron chi connectivity index (χ2n) is 7.30. The molecule has 1 aromatic carbocycles. The number of hydrogen-bond donors (Lipinski definition) is 2. The fourth-order valence-corrected chi connectivity index (χ4v) is 5.29. The molecule has 3 N–H and O–H groups in total. The number of fused-ring (bicyclic) bond motifs is 1. The molecular formula is C17H23N3O3S. The molecule has 4 rings (SSSR count). The van der Waals surface area contributed by atoms with Gasteiger partial charge in [0.2, 0.25) is 10.0 Å². The molecule has 3 fully saturated rings. The van der Waals surface area contributed by atoms with Crippen molar-refractivity contribution in [2.45, 2.75) is 42.7 Å². The van der Waals surface area contributed by atoms with Gasteiger partial charge in [0.1, 0.15) is 0 Å². The van der Waals surface area contributed by atoms with E-state index in [1.807, 2.05) is 4.90 Å². The zero-order chi connectivity index (χ0) is 16.9. The molecule has 0 aromatic heterocycles. The van der Waals surface area contributed by atoms with Gasteiger partial charge in [0.25, 0.3) is 5.91 Å². The predicted octanol–water partition coefficient (Wildman–Crippen LogP) is 0.937. The first-order valence-corrected chi connectivity index (χ1v) is 10.1. The molecule has 3 unspecified atom stereocenters. The molecule has 0 spiro atoms. The summed E-state index contributed by atoms with van der Waals surface area (Å²) in [6.45, 7) is 1.41. The lowest BCUT2D eigenvalue weighted by Crippen LogP contribution is -2.33. The minimum Gasteiger partial charge on any atom is -0.338 e. The lowest BCUT2D eigenvalue weighted by Gasteiger charge is -2.19. The first-order chi connectivity index (χ1) is 11.4. The van der Waals surface area contributed by atoms with Gasteiger partial charge in [0.15, 0.2) is 0 Å². The van der Waals surface area contributed by atoms with E-state index in [2.05, 4.69) is 4.72 Å². The van der Waals surface area contributed by atoms with E-state index in [9.17, 15) is 13.2 Å². The minimum atomic E-state index is -3.54. The van der Waals surface area contributed by atoms with Crippen LogP contribution in [0.5, 0.6) is 0 Å². The zero-order valence-electron chi connectivity index (χ0n) is 13.5. The van der Waals surface area contributed by atoms with Crippen molar-refractivity contribution in [3.8, 4) is 0 Å². The molecule has 1 amide bonds. The number of hydrogen-bond acceptors (Lipinski definition) is 4. The third-order valence-electron chi connectivity index (χ3n) is 5.49. The SMILES string of the molecule is NC1CCC2CN(C(=O)c3cccc(S(=O)(=O)NC4CC4)c3)CC12. The topological polar surface area (TPSA) is 92.5 Å². The Bertz CT molecular complexity index is 760. The minimum absolute atomic E-state index is 0.0498. The van der Waals surface area contributed by atoms with E-state index in [1.54, 1.807) is 12.1 Å². The third-order valence-corrected chi connectivity index (χ3v) is 7.01. The van der Waals surface area contributed by atoms with Gasteiger partial charge in [-0.3, -0.25) is 4.79 Å². The fraction of sp³-hybridized carbons (Fsp3) is 0.588. The molecule has 0 radical (unpaired) electrons. The van der Waals surface area contributed by atoms with Crippen LogP contribution in [0, 0.1) is 11.8 Å². The third kappa shape index (κ3) is 2.96. The Kier molecular flexibility index (Phi) is 3.89. The van der Waals surface area contributed by atoms with Crippen LogP contribution in [-0.2, 0) is 10.0 Å². The van der Waals surface area contributed by atoms with E-state index in [0.717, 1.165) is 32.2 Å². The number of amides is 1. The van der Waals surface area contributed by atoms with E-state index in [1.165, 1.54) is 12.1 Å². The van der Waals surface area contributed by atoms with Crippen molar-refractivity contribution < 1.29 is 13.2 Å². The summed E-state index contributed by atoms with van der Waals surface area (Å²) in [6, 6.07) is 6.58. The number of nitrogens with zero attached hydrogens (tertiary/aromatic N) is 1. The molecule has 3 atom stereocenters. The van der Waals surface area contributed by atoms with Crippen molar-refractivity contribution >= 4 is 15.9 Å². The molecule has 0 bridgehead atoms. The highest BCUT2D eigenvalue weighted by atomic mass is 32.2. The number of nitrogens with one attached hydrogen (secondary N) is 1. The maximum absolute atomic E-state index is 12.8. The summed E-state index contributed by atoms with van der Waals surface area (Å²) < 4.78 is 27.3. The maximum atomic E-state index is 12.8. The molecule has 24 heavy (non-hydrogen) atoms. The Balaban J connectivity index is 1.52. The highest BCUT2D eigenvalue weighted by molar-refractivity contribution is 7.89. The summed E-state index contributed by atoms with van der Waals surface area (Å²) in [5.74, 6) is 0.782. The molecule has 1 aliphatic heterocycles. The second-order valence-corrected chi connectivity index (χ2v) is 9.01. The van der Waals surface area contributed by atoms with Gasteiger partial charge in [-0.25, -0.2) is 13.1 Å². The van der Waals surface area contributed by atoms with E-state index < -0.39 is 10.0 Å². The quantitative estimate of drug-likeness (QED) is 0.846. The van der Waals surface area contributed by atoms with Crippen molar-refractivity contribution in [3.63, 3.8) is 0 Å². The Morgan fingerprint density at radius 1 is 1.17 bits per heavy atom. The van der Waals surface area contributed by atoms with Crippen LogP contribution >= 0.6 is 0 Å². The zero-order valence-corrected chi connectivity index (χ0v) is 14.3. The lowest BCUT2D eigenvalue weighted by atomic mass is 9.98. The predicted molar refractivity (Wildman–Crippen MR) is 89.9 cm³/mol. The van der Waals surface area contributed by atoms with Crippen LogP contribution in [0.1, 0.15) is 36.0 Å². The Morgan fingerprint density at radius 2 is 1.96 bits per heavy atom. The largest absolute Gasteiger partial charge is 0.338 e. The van der Waals surface area contributed by atoms with Gasteiger partial charge in [-0.2, -0.15) is 0 Å². The Hall–Kier alpha value is -1.44. The van der Waals surface area contributed by atoms with E-state index in [4.69, 9.17) is 5.73 Å². The van der Waals surface area contributed by atoms with Crippen molar-refractivity contribution in [3.05, 3.63) is 29.8 Å². The molecule has 130 valence electrons. The Labute approximate surface area is 142 Å². The summed E-state index contributed by atoms with van der Waals surface area (Å²) in [5.41, 5.74) is 6.56. The molecule has 7 heteroatoms. The van der Waals surface area contributed by atoms with Crippen molar-refractivity contribution in [1.29, 1.82) is 0 Å². The van der Waals surface area contributed by atoms with Crippen LogP contribution in [0.15, 0.2) is 29.2 Å². The summed E-state index contributed by atoms with van der Waals surface area (Å²) in [5, 5.41) is 0. The summed E-state index contributed by atoms with van der Waals surface area (Å²) >= 11 is 0. The van der Waals surface area contributed by atoms with E-state index in [-0.39, 0.29) is 22.9 Å². The summed E-state index contributed by atoms with van der Waals surface area (Å²) in [7, 11) is -3.54. The number of carbonyl (C=O) groups is 1. The number of sulfonamides is 1. The molecule has 2 aliphatic carbocycles. The molecular weight excluding hydrogens is 326 g/mol. The fourth-order valence-electron chi connectivity index (χ4n) is 3.94. The van der Waals surface area contributed by atoms with E-state index in [0.29, 0.717) is 23.9 Å². The molecule has 6 nitrogen and oxygen atoms in total. The molecule has 1 heterocycles. The molecule has 2 saturated carbocycles. The molecule has 1 saturated heterocycles. The smallest absolute Gasteiger partial charge is 0.253 e. The summed E-state index contributed by atoms with van der Waals surface area (Å²) in [6.07, 6.45) is 3.89. The normalized spacial score (nSPS) is 29.7. The first-order valence-electron chi connectivity index (χ1n) is 8.61. The van der Waals surface area contributed by atoms with Gasteiger partial charge in [0.05, 0.1) is 4.90 Å². The number of nitrogens with two attached hydrogens (primary N) is 1. The van der Waals surface area contributed by atoms with Gasteiger partial charge in [0, 0.05) is 30.7 Å². The molecule has 3 aliphatic rings. The van der Waals surface area contributed by atoms with Gasteiger partial charge in [-0.15, -0.1) is 0 Å². The van der Waals surface area contributed by atoms with Crippen LogP contribution in [-0.4, -0.2) is 44.4 Å². The molecule has 1 aromatic rings. The van der Waals surface area contributed by atoms with Crippen molar-refractivity contribution in [2.75, 3.05) is 13.1 Å². The Morgan fingerprint density at radius 3 is 2.67 bits per heavy atom. The monoisotopic (exact) mass is 349 g/mol. The summed E-state index contributed by atoms with van der Waals surface area (Å²) in [4.78, 5) is 14.8. The number of likely N-dealkylation sites (tertiary alicyclic amines) is 1. The lowest BCUT2D eigenvalue weighted by molar-refractivity contribution is 0.0779. The van der Waals surface area contributed by atoms with Gasteiger partial charge in [-0.1, -0.05) is 6.07 Å². The van der Waals surface area contributed by atoms with Crippen LogP contribution in [0.25, 0.3) is 0 Å². The van der Waals surface area contributed by atoms with E-state index >= 15 is 0 Å². The number of rotatable bonds is 4. The van der Waals surface area contributed by atoms with Gasteiger partial charge < -0.3 is 10.6 Å². The number of benzene rings is 1. The van der Waals surface area contributed by atoms with Crippen molar-refractivity contribution in [2.24, 2.45) is 17.6 Å². The second kappa shape index (κ2) is 5.82. The van der Waals surface area contributed by atoms with Gasteiger partial charge in [-0.05, 0) is 55.7 Å². The maximum Gasteiger partial charge on any atom is 0.253 e. The first kappa shape index (κ1) is 16.1.